The van der Waals surface area contributed by atoms with Crippen molar-refractivity contribution < 1.29 is 4.79 Å². The molecule has 0 saturated heterocycles. The summed E-state index contributed by atoms with van der Waals surface area (Å²) in [6.45, 7) is 1.35. The summed E-state index contributed by atoms with van der Waals surface area (Å²) in [5, 5.41) is 10.2. The summed E-state index contributed by atoms with van der Waals surface area (Å²) in [5.74, 6) is 0.0944. The Morgan fingerprint density at radius 2 is 2.44 bits per heavy atom. The highest BCUT2D eigenvalue weighted by molar-refractivity contribution is 5.76. The molecule has 0 spiro atoms. The average Bonchev–Trinajstić information content (AvgIpc) is 2.98. The molecular weight excluding hydrogens is 204 g/mol. The summed E-state index contributed by atoms with van der Waals surface area (Å²) in [6, 6.07) is 0.672. The highest BCUT2D eigenvalue weighted by Gasteiger charge is 2.19. The van der Waals surface area contributed by atoms with Crippen LogP contribution in [0.5, 0.6) is 0 Å². The molecule has 1 heterocycles. The first-order valence-electron chi connectivity index (χ1n) is 5.71. The maximum absolute atomic E-state index is 11.4. The second kappa shape index (κ2) is 5.12. The number of nitrogens with one attached hydrogen (secondary N) is 2. The predicted octanol–water partition coefficient (Wildman–Crippen LogP) is 0.178. The molecule has 1 aromatic heterocycles. The van der Waals surface area contributed by atoms with Gasteiger partial charge >= 0.3 is 0 Å². The number of hydrogen-bond donors (Lipinski definition) is 2. The molecule has 2 rings (SSSR count). The zero-order valence-electron chi connectivity index (χ0n) is 9.57. The number of carbonyl (C=O) groups excluding carboxylic acids is 1. The fourth-order valence-electron chi connectivity index (χ4n) is 1.53. The SMILES string of the molecule is Cn1cc(CNC(=O)CCNC2CC2)cn1. The van der Waals surface area contributed by atoms with Gasteiger partial charge in [0.05, 0.1) is 6.20 Å². The minimum Gasteiger partial charge on any atom is -0.352 e. The number of aromatic nitrogens is 2. The smallest absolute Gasteiger partial charge is 0.221 e. The third kappa shape index (κ3) is 3.66. The molecule has 0 aromatic carbocycles. The van der Waals surface area contributed by atoms with E-state index in [-0.39, 0.29) is 5.91 Å². The Labute approximate surface area is 95.2 Å². The summed E-state index contributed by atoms with van der Waals surface area (Å²) in [5.41, 5.74) is 1.03. The lowest BCUT2D eigenvalue weighted by atomic mass is 10.3. The highest BCUT2D eigenvalue weighted by atomic mass is 16.1. The minimum atomic E-state index is 0.0944. The summed E-state index contributed by atoms with van der Waals surface area (Å²) >= 11 is 0. The van der Waals surface area contributed by atoms with Crippen LogP contribution in [-0.2, 0) is 18.4 Å². The van der Waals surface area contributed by atoms with Crippen molar-refractivity contribution in [1.29, 1.82) is 0 Å². The molecule has 16 heavy (non-hydrogen) atoms. The lowest BCUT2D eigenvalue weighted by Gasteiger charge is -2.04. The molecule has 88 valence electrons. The van der Waals surface area contributed by atoms with Crippen LogP contribution in [0.3, 0.4) is 0 Å². The molecule has 0 atom stereocenters. The van der Waals surface area contributed by atoms with Crippen LogP contribution in [0.2, 0.25) is 0 Å². The van der Waals surface area contributed by atoms with Crippen molar-refractivity contribution in [3.63, 3.8) is 0 Å². The summed E-state index contributed by atoms with van der Waals surface area (Å²) in [6.07, 6.45) is 6.75. The van der Waals surface area contributed by atoms with Crippen LogP contribution in [-0.4, -0.2) is 28.3 Å². The first-order valence-corrected chi connectivity index (χ1v) is 5.71. The van der Waals surface area contributed by atoms with Gasteiger partial charge in [0, 0.05) is 44.4 Å². The number of rotatable bonds is 6. The summed E-state index contributed by atoms with van der Waals surface area (Å²) in [4.78, 5) is 11.4. The lowest BCUT2D eigenvalue weighted by Crippen LogP contribution is -2.28. The van der Waals surface area contributed by atoms with Gasteiger partial charge in [-0.25, -0.2) is 0 Å². The summed E-state index contributed by atoms with van der Waals surface area (Å²) in [7, 11) is 1.87. The molecule has 1 saturated carbocycles. The van der Waals surface area contributed by atoms with Crippen molar-refractivity contribution in [1.82, 2.24) is 20.4 Å². The fourth-order valence-corrected chi connectivity index (χ4v) is 1.53. The van der Waals surface area contributed by atoms with Gasteiger partial charge < -0.3 is 10.6 Å². The van der Waals surface area contributed by atoms with E-state index in [2.05, 4.69) is 15.7 Å². The zero-order chi connectivity index (χ0) is 11.4. The average molecular weight is 222 g/mol. The van der Waals surface area contributed by atoms with Crippen molar-refractivity contribution in [2.24, 2.45) is 7.05 Å². The van der Waals surface area contributed by atoms with E-state index < -0.39 is 0 Å². The van der Waals surface area contributed by atoms with Crippen molar-refractivity contribution >= 4 is 5.91 Å². The van der Waals surface area contributed by atoms with Gasteiger partial charge in [-0.05, 0) is 12.8 Å². The van der Waals surface area contributed by atoms with Crippen LogP contribution in [0, 0.1) is 0 Å². The van der Waals surface area contributed by atoms with E-state index in [4.69, 9.17) is 0 Å². The summed E-state index contributed by atoms with van der Waals surface area (Å²) < 4.78 is 1.73. The van der Waals surface area contributed by atoms with Gasteiger partial charge in [-0.1, -0.05) is 0 Å². The van der Waals surface area contributed by atoms with Crippen LogP contribution >= 0.6 is 0 Å². The van der Waals surface area contributed by atoms with Crippen molar-refractivity contribution in [2.75, 3.05) is 6.54 Å². The van der Waals surface area contributed by atoms with E-state index in [9.17, 15) is 4.79 Å². The van der Waals surface area contributed by atoms with Crippen LogP contribution in [0.1, 0.15) is 24.8 Å². The predicted molar refractivity (Wildman–Crippen MR) is 60.7 cm³/mol. The first kappa shape index (κ1) is 11.1. The number of amides is 1. The topological polar surface area (TPSA) is 59.0 Å². The Bertz CT molecular complexity index is 357. The van der Waals surface area contributed by atoms with Gasteiger partial charge in [-0.3, -0.25) is 9.48 Å². The maximum Gasteiger partial charge on any atom is 0.221 e. The van der Waals surface area contributed by atoms with Gasteiger partial charge in [0.25, 0.3) is 0 Å². The quantitative estimate of drug-likeness (QED) is 0.722. The molecule has 5 nitrogen and oxygen atoms in total. The molecule has 1 aromatic rings. The second-order valence-corrected chi connectivity index (χ2v) is 4.28. The van der Waals surface area contributed by atoms with E-state index in [0.717, 1.165) is 12.1 Å². The van der Waals surface area contributed by atoms with Crippen molar-refractivity contribution in [3.05, 3.63) is 18.0 Å². The molecule has 1 aliphatic rings. The Morgan fingerprint density at radius 3 is 3.06 bits per heavy atom. The van der Waals surface area contributed by atoms with Crippen molar-refractivity contribution in [3.8, 4) is 0 Å². The van der Waals surface area contributed by atoms with Crippen LogP contribution in [0.25, 0.3) is 0 Å². The number of nitrogens with zero attached hydrogens (tertiary/aromatic N) is 2. The molecule has 0 bridgehead atoms. The standard InChI is InChI=1S/C11H18N4O/c1-15-8-9(7-14-15)6-13-11(16)4-5-12-10-2-3-10/h7-8,10,12H,2-6H2,1H3,(H,13,16). The van der Waals surface area contributed by atoms with Crippen LogP contribution in [0.4, 0.5) is 0 Å². The fraction of sp³-hybridized carbons (Fsp3) is 0.636. The third-order valence-electron chi connectivity index (χ3n) is 2.61. The zero-order valence-corrected chi connectivity index (χ0v) is 9.57. The minimum absolute atomic E-state index is 0.0944. The molecule has 5 heteroatoms. The van der Waals surface area contributed by atoms with Crippen molar-refractivity contribution in [2.45, 2.75) is 31.8 Å². The Kier molecular flexibility index (Phi) is 3.56. The van der Waals surface area contributed by atoms with E-state index in [1.54, 1.807) is 10.9 Å². The molecule has 0 aliphatic heterocycles. The van der Waals surface area contributed by atoms with Gasteiger partial charge in [-0.2, -0.15) is 5.10 Å². The van der Waals surface area contributed by atoms with Gasteiger partial charge in [0.15, 0.2) is 0 Å². The number of aryl methyl sites for hydroxylation is 1. The molecule has 1 aliphatic carbocycles. The first-order chi connectivity index (χ1) is 7.74. The van der Waals surface area contributed by atoms with E-state index >= 15 is 0 Å². The van der Waals surface area contributed by atoms with E-state index in [0.29, 0.717) is 19.0 Å². The molecular formula is C11H18N4O. The Morgan fingerprint density at radius 1 is 1.62 bits per heavy atom. The van der Waals surface area contributed by atoms with Crippen LogP contribution in [0.15, 0.2) is 12.4 Å². The largest absolute Gasteiger partial charge is 0.352 e. The van der Waals surface area contributed by atoms with E-state index in [1.165, 1.54) is 12.8 Å². The Balaban J connectivity index is 1.59. The Hall–Kier alpha value is -1.36. The molecule has 1 fully saturated rings. The number of hydrogen-bond acceptors (Lipinski definition) is 3. The molecule has 2 N–H and O–H groups in total. The van der Waals surface area contributed by atoms with Gasteiger partial charge in [0.1, 0.15) is 0 Å². The highest BCUT2D eigenvalue weighted by Crippen LogP contribution is 2.18. The molecule has 1 amide bonds. The normalized spacial score (nSPS) is 15.1. The molecule has 0 radical (unpaired) electrons. The maximum atomic E-state index is 11.4. The second-order valence-electron chi connectivity index (χ2n) is 4.28. The van der Waals surface area contributed by atoms with Gasteiger partial charge in [0.2, 0.25) is 5.91 Å². The van der Waals surface area contributed by atoms with E-state index in [1.807, 2.05) is 13.2 Å². The lowest BCUT2D eigenvalue weighted by molar-refractivity contribution is -0.121. The van der Waals surface area contributed by atoms with Crippen LogP contribution < -0.4 is 10.6 Å². The molecule has 0 unspecified atom stereocenters. The monoisotopic (exact) mass is 222 g/mol. The third-order valence-corrected chi connectivity index (χ3v) is 2.61. The number of carbonyl (C=O) groups is 1. The van der Waals surface area contributed by atoms with Gasteiger partial charge in [-0.15, -0.1) is 0 Å².